The Bertz CT molecular complexity index is 949. The highest BCUT2D eigenvalue weighted by molar-refractivity contribution is 7.12. The number of anilines is 2. The Labute approximate surface area is 168 Å². The van der Waals surface area contributed by atoms with E-state index in [0.717, 1.165) is 30.0 Å². The van der Waals surface area contributed by atoms with Crippen LogP contribution >= 0.6 is 11.3 Å². The average molecular weight is 391 g/mol. The number of nitrogens with zero attached hydrogens (tertiary/aromatic N) is 2. The fourth-order valence-electron chi connectivity index (χ4n) is 3.36. The van der Waals surface area contributed by atoms with E-state index in [1.54, 1.807) is 0 Å². The molecule has 2 amide bonds. The Balaban J connectivity index is 1.44. The summed E-state index contributed by atoms with van der Waals surface area (Å²) in [6.07, 6.45) is 0. The molecule has 0 unspecified atom stereocenters. The van der Waals surface area contributed by atoms with Crippen LogP contribution in [0.15, 0.2) is 72.1 Å². The van der Waals surface area contributed by atoms with Crippen LogP contribution in [0.25, 0.3) is 0 Å². The number of carbonyl (C=O) groups excluding carboxylic acids is 2. The molecule has 3 aromatic rings. The number of nitrogens with one attached hydrogen (secondary N) is 1. The summed E-state index contributed by atoms with van der Waals surface area (Å²) < 4.78 is 0. The van der Waals surface area contributed by atoms with Gasteiger partial charge in [-0.3, -0.25) is 9.59 Å². The molecule has 0 bridgehead atoms. The molecule has 0 spiro atoms. The minimum atomic E-state index is -0.0969. The average Bonchev–Trinajstić information content (AvgIpc) is 3.30. The molecule has 0 atom stereocenters. The van der Waals surface area contributed by atoms with Gasteiger partial charge < -0.3 is 15.1 Å². The van der Waals surface area contributed by atoms with E-state index in [2.05, 4.69) is 10.2 Å². The Morgan fingerprint density at radius 2 is 1.54 bits per heavy atom. The number of para-hydroxylation sites is 2. The molecule has 0 aliphatic carbocycles. The van der Waals surface area contributed by atoms with Crippen LogP contribution in [-0.2, 0) is 0 Å². The minimum Gasteiger partial charge on any atom is -0.366 e. The third kappa shape index (κ3) is 3.92. The number of benzene rings is 2. The summed E-state index contributed by atoms with van der Waals surface area (Å²) in [5.41, 5.74) is 2.50. The maximum absolute atomic E-state index is 12.6. The first kappa shape index (κ1) is 18.3. The van der Waals surface area contributed by atoms with E-state index in [0.29, 0.717) is 18.0 Å². The lowest BCUT2D eigenvalue weighted by atomic mass is 10.1. The van der Waals surface area contributed by atoms with E-state index in [9.17, 15) is 9.59 Å². The SMILES string of the molecule is O=C(Nc1ccccc1N1CCN(C(=O)c2ccccc2)CC1)c1cccs1. The smallest absolute Gasteiger partial charge is 0.265 e. The van der Waals surface area contributed by atoms with Gasteiger partial charge in [0, 0.05) is 31.7 Å². The Hall–Kier alpha value is -3.12. The monoisotopic (exact) mass is 391 g/mol. The molecule has 28 heavy (non-hydrogen) atoms. The molecule has 6 heteroatoms. The summed E-state index contributed by atoms with van der Waals surface area (Å²) in [6, 6.07) is 20.9. The number of hydrogen-bond donors (Lipinski definition) is 1. The van der Waals surface area contributed by atoms with Gasteiger partial charge in [0.05, 0.1) is 16.3 Å². The van der Waals surface area contributed by atoms with E-state index in [-0.39, 0.29) is 11.8 Å². The molecule has 1 aromatic heterocycles. The fourth-order valence-corrected chi connectivity index (χ4v) is 3.98. The number of carbonyl (C=O) groups is 2. The first-order valence-electron chi connectivity index (χ1n) is 9.25. The third-order valence-electron chi connectivity index (χ3n) is 4.83. The number of piperazine rings is 1. The van der Waals surface area contributed by atoms with Gasteiger partial charge in [-0.2, -0.15) is 0 Å². The zero-order valence-corrected chi connectivity index (χ0v) is 16.2. The van der Waals surface area contributed by atoms with Crippen molar-refractivity contribution in [3.8, 4) is 0 Å². The first-order chi connectivity index (χ1) is 13.7. The normalized spacial score (nSPS) is 14.0. The van der Waals surface area contributed by atoms with Crippen LogP contribution in [0.2, 0.25) is 0 Å². The molecule has 1 fully saturated rings. The van der Waals surface area contributed by atoms with E-state index >= 15 is 0 Å². The van der Waals surface area contributed by atoms with Crippen molar-refractivity contribution >= 4 is 34.5 Å². The van der Waals surface area contributed by atoms with E-state index in [1.165, 1.54) is 11.3 Å². The lowest BCUT2D eigenvalue weighted by molar-refractivity contribution is 0.0746. The van der Waals surface area contributed by atoms with Crippen molar-refractivity contribution in [1.29, 1.82) is 0 Å². The van der Waals surface area contributed by atoms with Crippen molar-refractivity contribution in [1.82, 2.24) is 4.90 Å². The zero-order valence-electron chi connectivity index (χ0n) is 15.4. The Morgan fingerprint density at radius 3 is 2.25 bits per heavy atom. The summed E-state index contributed by atoms with van der Waals surface area (Å²) >= 11 is 1.42. The predicted octanol–water partition coefficient (Wildman–Crippen LogP) is 3.96. The van der Waals surface area contributed by atoms with Gasteiger partial charge in [-0.1, -0.05) is 36.4 Å². The summed E-state index contributed by atoms with van der Waals surface area (Å²) in [6.45, 7) is 2.76. The molecule has 142 valence electrons. The second kappa shape index (κ2) is 8.27. The molecular weight excluding hydrogens is 370 g/mol. The summed E-state index contributed by atoms with van der Waals surface area (Å²) in [5.74, 6) is -0.0279. The maximum atomic E-state index is 12.6. The molecule has 0 saturated carbocycles. The van der Waals surface area contributed by atoms with Gasteiger partial charge in [-0.15, -0.1) is 11.3 Å². The van der Waals surface area contributed by atoms with Gasteiger partial charge >= 0.3 is 0 Å². The lowest BCUT2D eigenvalue weighted by Crippen LogP contribution is -2.49. The topological polar surface area (TPSA) is 52.7 Å². The van der Waals surface area contributed by atoms with Crippen LogP contribution in [0.5, 0.6) is 0 Å². The van der Waals surface area contributed by atoms with Gasteiger partial charge in [0.15, 0.2) is 0 Å². The standard InChI is InChI=1S/C22H21N3O2S/c26-21(20-11-6-16-28-20)23-18-9-4-5-10-19(18)24-12-14-25(15-13-24)22(27)17-7-2-1-3-8-17/h1-11,16H,12-15H2,(H,23,26). The van der Waals surface area contributed by atoms with E-state index in [4.69, 9.17) is 0 Å². The third-order valence-corrected chi connectivity index (χ3v) is 5.69. The van der Waals surface area contributed by atoms with Crippen molar-refractivity contribution in [2.45, 2.75) is 0 Å². The van der Waals surface area contributed by atoms with Crippen molar-refractivity contribution in [3.63, 3.8) is 0 Å². The van der Waals surface area contributed by atoms with Crippen LogP contribution in [0.1, 0.15) is 20.0 Å². The number of hydrogen-bond acceptors (Lipinski definition) is 4. The molecular formula is C22H21N3O2S. The summed E-state index contributed by atoms with van der Waals surface area (Å²) in [4.78, 5) is 29.9. The van der Waals surface area contributed by atoms with Crippen LogP contribution in [-0.4, -0.2) is 42.9 Å². The molecule has 4 rings (SSSR count). The van der Waals surface area contributed by atoms with Gasteiger partial charge in [0.2, 0.25) is 0 Å². The second-order valence-electron chi connectivity index (χ2n) is 6.59. The Morgan fingerprint density at radius 1 is 0.821 bits per heavy atom. The maximum Gasteiger partial charge on any atom is 0.265 e. The quantitative estimate of drug-likeness (QED) is 0.732. The number of amides is 2. The largest absolute Gasteiger partial charge is 0.366 e. The van der Waals surface area contributed by atoms with Crippen molar-refractivity contribution in [3.05, 3.63) is 82.6 Å². The van der Waals surface area contributed by atoms with Crippen LogP contribution in [0.4, 0.5) is 11.4 Å². The lowest BCUT2D eigenvalue weighted by Gasteiger charge is -2.37. The van der Waals surface area contributed by atoms with Crippen molar-refractivity contribution < 1.29 is 9.59 Å². The molecule has 2 aromatic carbocycles. The van der Waals surface area contributed by atoms with Gasteiger partial charge in [0.1, 0.15) is 0 Å². The minimum absolute atomic E-state index is 0.0690. The fraction of sp³-hybridized carbons (Fsp3) is 0.182. The molecule has 0 radical (unpaired) electrons. The summed E-state index contributed by atoms with van der Waals surface area (Å²) in [5, 5.41) is 4.91. The van der Waals surface area contributed by atoms with E-state index in [1.807, 2.05) is 77.0 Å². The van der Waals surface area contributed by atoms with Crippen LogP contribution < -0.4 is 10.2 Å². The molecule has 1 N–H and O–H groups in total. The van der Waals surface area contributed by atoms with Crippen LogP contribution in [0, 0.1) is 0 Å². The van der Waals surface area contributed by atoms with E-state index < -0.39 is 0 Å². The first-order valence-corrected chi connectivity index (χ1v) is 10.1. The number of rotatable bonds is 4. The zero-order chi connectivity index (χ0) is 19.3. The molecule has 1 aliphatic rings. The molecule has 1 aliphatic heterocycles. The van der Waals surface area contributed by atoms with Crippen molar-refractivity contribution in [2.24, 2.45) is 0 Å². The second-order valence-corrected chi connectivity index (χ2v) is 7.54. The highest BCUT2D eigenvalue weighted by Crippen LogP contribution is 2.27. The highest BCUT2D eigenvalue weighted by atomic mass is 32.1. The predicted molar refractivity (Wildman–Crippen MR) is 113 cm³/mol. The molecule has 2 heterocycles. The van der Waals surface area contributed by atoms with Crippen LogP contribution in [0.3, 0.4) is 0 Å². The van der Waals surface area contributed by atoms with Gasteiger partial charge in [-0.25, -0.2) is 0 Å². The van der Waals surface area contributed by atoms with Crippen molar-refractivity contribution in [2.75, 3.05) is 36.4 Å². The number of thiophene rings is 1. The Kier molecular flexibility index (Phi) is 5.39. The molecule has 1 saturated heterocycles. The molecule has 5 nitrogen and oxygen atoms in total. The highest BCUT2D eigenvalue weighted by Gasteiger charge is 2.23. The van der Waals surface area contributed by atoms with Gasteiger partial charge in [0.25, 0.3) is 11.8 Å². The summed E-state index contributed by atoms with van der Waals surface area (Å²) in [7, 11) is 0. The van der Waals surface area contributed by atoms with Gasteiger partial charge in [-0.05, 0) is 35.7 Å².